The summed E-state index contributed by atoms with van der Waals surface area (Å²) in [6.45, 7) is 4.07. The number of carboxylic acid groups (broad SMARTS) is 1. The van der Waals surface area contributed by atoms with E-state index in [-0.39, 0.29) is 18.7 Å². The van der Waals surface area contributed by atoms with Gasteiger partial charge in [-0.3, -0.25) is 9.59 Å². The molecule has 110 valence electrons. The molecule has 0 aliphatic heterocycles. The van der Waals surface area contributed by atoms with E-state index in [4.69, 9.17) is 16.7 Å². The smallest absolute Gasteiger partial charge is 0.303 e. The van der Waals surface area contributed by atoms with Crippen LogP contribution in [0.5, 0.6) is 0 Å². The number of hydrogen-bond donors (Lipinski definition) is 2. The number of aliphatic carboxylic acids is 1. The molecule has 0 saturated carbocycles. The fourth-order valence-corrected chi connectivity index (χ4v) is 2.22. The van der Waals surface area contributed by atoms with Gasteiger partial charge in [0, 0.05) is 18.0 Å². The van der Waals surface area contributed by atoms with Gasteiger partial charge in [0.1, 0.15) is 0 Å². The van der Waals surface area contributed by atoms with Gasteiger partial charge >= 0.3 is 5.97 Å². The maximum atomic E-state index is 11.8. The number of carbonyl (C=O) groups is 2. The van der Waals surface area contributed by atoms with Gasteiger partial charge in [0.25, 0.3) is 0 Å². The van der Waals surface area contributed by atoms with Crippen LogP contribution in [0.1, 0.15) is 32.3 Å². The number of hydrogen-bond acceptors (Lipinski definition) is 2. The largest absolute Gasteiger partial charge is 0.481 e. The number of nitrogens with one attached hydrogen (secondary N) is 1. The second kappa shape index (κ2) is 7.29. The van der Waals surface area contributed by atoms with Crippen molar-refractivity contribution in [1.29, 1.82) is 0 Å². The third kappa shape index (κ3) is 6.57. The van der Waals surface area contributed by atoms with Gasteiger partial charge < -0.3 is 10.4 Å². The quantitative estimate of drug-likeness (QED) is 0.813. The number of benzene rings is 1. The lowest BCUT2D eigenvalue weighted by Gasteiger charge is -2.21. The first kappa shape index (κ1) is 16.5. The summed E-state index contributed by atoms with van der Waals surface area (Å²) in [6, 6.07) is 7.49. The Kier molecular flexibility index (Phi) is 6.02. The summed E-state index contributed by atoms with van der Waals surface area (Å²) >= 11 is 5.88. The van der Waals surface area contributed by atoms with Gasteiger partial charge in [0.15, 0.2) is 0 Å². The van der Waals surface area contributed by atoms with E-state index in [0.29, 0.717) is 18.0 Å². The number of halogens is 1. The monoisotopic (exact) mass is 297 g/mol. The van der Waals surface area contributed by atoms with E-state index in [1.54, 1.807) is 19.9 Å². The highest BCUT2D eigenvalue weighted by Crippen LogP contribution is 2.24. The van der Waals surface area contributed by atoms with E-state index < -0.39 is 11.4 Å². The molecule has 4 nitrogen and oxygen atoms in total. The van der Waals surface area contributed by atoms with E-state index in [1.165, 1.54) is 0 Å². The minimum absolute atomic E-state index is 0.0191. The van der Waals surface area contributed by atoms with Gasteiger partial charge in [-0.25, -0.2) is 0 Å². The van der Waals surface area contributed by atoms with Crippen LogP contribution < -0.4 is 5.32 Å². The van der Waals surface area contributed by atoms with Crippen LogP contribution in [0, 0.1) is 5.41 Å². The van der Waals surface area contributed by atoms with E-state index >= 15 is 0 Å². The molecule has 1 aromatic rings. The van der Waals surface area contributed by atoms with Crippen molar-refractivity contribution in [1.82, 2.24) is 5.32 Å². The molecule has 5 heteroatoms. The van der Waals surface area contributed by atoms with Crippen LogP contribution in [0.25, 0.3) is 0 Å². The number of amides is 1. The Labute approximate surface area is 124 Å². The summed E-state index contributed by atoms with van der Waals surface area (Å²) in [5.74, 6) is -1.01. The van der Waals surface area contributed by atoms with Gasteiger partial charge in [-0.2, -0.15) is 0 Å². The van der Waals surface area contributed by atoms with Crippen molar-refractivity contribution >= 4 is 23.5 Å². The van der Waals surface area contributed by atoms with Gasteiger partial charge in [-0.1, -0.05) is 37.6 Å². The van der Waals surface area contributed by atoms with E-state index in [0.717, 1.165) is 5.56 Å². The molecule has 0 aromatic heterocycles. The van der Waals surface area contributed by atoms with Crippen LogP contribution in [0.15, 0.2) is 24.3 Å². The maximum Gasteiger partial charge on any atom is 0.303 e. The number of carbonyl (C=O) groups excluding carboxylic acids is 1. The van der Waals surface area contributed by atoms with Crippen molar-refractivity contribution in [3.8, 4) is 0 Å². The summed E-state index contributed by atoms with van der Waals surface area (Å²) in [7, 11) is 0. The molecule has 0 aliphatic rings. The summed E-state index contributed by atoms with van der Waals surface area (Å²) in [6.07, 6.45) is 0.884. The lowest BCUT2D eigenvalue weighted by atomic mass is 9.85. The number of rotatable bonds is 7. The first-order valence-corrected chi connectivity index (χ1v) is 6.89. The fraction of sp³-hybridized carbons (Fsp3) is 0.467. The highest BCUT2D eigenvalue weighted by Gasteiger charge is 2.24. The average molecular weight is 298 g/mol. The Morgan fingerprint density at radius 1 is 1.30 bits per heavy atom. The highest BCUT2D eigenvalue weighted by atomic mass is 35.5. The molecule has 0 fully saturated rings. The van der Waals surface area contributed by atoms with Crippen LogP contribution in [0.4, 0.5) is 0 Å². The predicted octanol–water partition coefficient (Wildman–Crippen LogP) is 2.89. The first-order chi connectivity index (χ1) is 9.28. The van der Waals surface area contributed by atoms with E-state index in [9.17, 15) is 9.59 Å². The topological polar surface area (TPSA) is 66.4 Å². The normalized spacial score (nSPS) is 11.2. The second-order valence-electron chi connectivity index (χ2n) is 5.64. The summed E-state index contributed by atoms with van der Waals surface area (Å²) in [4.78, 5) is 22.5. The van der Waals surface area contributed by atoms with Gasteiger partial charge in [-0.15, -0.1) is 0 Å². The summed E-state index contributed by atoms with van der Waals surface area (Å²) in [5, 5.41) is 12.3. The Balaban J connectivity index is 2.35. The molecule has 0 unspecified atom stereocenters. The summed E-state index contributed by atoms with van der Waals surface area (Å²) < 4.78 is 0. The Hall–Kier alpha value is -1.55. The molecule has 0 spiro atoms. The van der Waals surface area contributed by atoms with Crippen molar-refractivity contribution in [2.24, 2.45) is 5.41 Å². The molecule has 0 radical (unpaired) electrons. The minimum Gasteiger partial charge on any atom is -0.481 e. The van der Waals surface area contributed by atoms with Crippen LogP contribution >= 0.6 is 11.6 Å². The third-order valence-corrected chi connectivity index (χ3v) is 3.13. The third-order valence-electron chi connectivity index (χ3n) is 2.89. The Bertz CT molecular complexity index is 486. The molecule has 0 bridgehead atoms. The van der Waals surface area contributed by atoms with Crippen molar-refractivity contribution in [2.75, 3.05) is 6.54 Å². The fourth-order valence-electron chi connectivity index (χ4n) is 2.01. The van der Waals surface area contributed by atoms with Crippen molar-refractivity contribution in [3.63, 3.8) is 0 Å². The molecule has 1 rings (SSSR count). The molecular weight excluding hydrogens is 278 g/mol. The van der Waals surface area contributed by atoms with Gasteiger partial charge in [0.05, 0.1) is 6.42 Å². The minimum atomic E-state index is -0.887. The summed E-state index contributed by atoms with van der Waals surface area (Å²) in [5.41, 5.74) is 0.522. The zero-order valence-electron chi connectivity index (χ0n) is 11.8. The molecule has 1 amide bonds. The lowest BCUT2D eigenvalue weighted by molar-refractivity contribution is -0.139. The van der Waals surface area contributed by atoms with Crippen LogP contribution in [-0.4, -0.2) is 23.5 Å². The average Bonchev–Trinajstić information content (AvgIpc) is 2.26. The zero-order chi connectivity index (χ0) is 15.2. The molecule has 0 heterocycles. The van der Waals surface area contributed by atoms with Crippen LogP contribution in [0.2, 0.25) is 5.02 Å². The standard InChI is InChI=1S/C15H20ClNO3/c1-15(2,10-14(19)20)9-13(18)17-7-6-11-4-3-5-12(16)8-11/h3-5,8H,6-7,9-10H2,1-2H3,(H,17,18)(H,19,20). The molecule has 1 aromatic carbocycles. The molecule has 0 atom stereocenters. The number of carboxylic acids is 1. The SMILES string of the molecule is CC(C)(CC(=O)O)CC(=O)NCCc1cccc(Cl)c1. The van der Waals surface area contributed by atoms with Crippen molar-refractivity contribution < 1.29 is 14.7 Å². The van der Waals surface area contributed by atoms with Gasteiger partial charge in [0.2, 0.25) is 5.91 Å². The maximum absolute atomic E-state index is 11.8. The lowest BCUT2D eigenvalue weighted by Crippen LogP contribution is -2.31. The molecule has 20 heavy (non-hydrogen) atoms. The Morgan fingerprint density at radius 2 is 2.00 bits per heavy atom. The molecule has 0 aliphatic carbocycles. The second-order valence-corrected chi connectivity index (χ2v) is 6.08. The van der Waals surface area contributed by atoms with Crippen molar-refractivity contribution in [2.45, 2.75) is 33.1 Å². The Morgan fingerprint density at radius 3 is 2.60 bits per heavy atom. The zero-order valence-corrected chi connectivity index (χ0v) is 12.5. The van der Waals surface area contributed by atoms with E-state index in [2.05, 4.69) is 5.32 Å². The first-order valence-electron chi connectivity index (χ1n) is 6.51. The van der Waals surface area contributed by atoms with Crippen molar-refractivity contribution in [3.05, 3.63) is 34.9 Å². The molecule has 2 N–H and O–H groups in total. The molecule has 0 saturated heterocycles. The molecular formula is C15H20ClNO3. The van der Waals surface area contributed by atoms with E-state index in [1.807, 2.05) is 18.2 Å². The van der Waals surface area contributed by atoms with Crippen LogP contribution in [-0.2, 0) is 16.0 Å². The van der Waals surface area contributed by atoms with Gasteiger partial charge in [-0.05, 0) is 29.5 Å². The predicted molar refractivity (Wildman–Crippen MR) is 78.8 cm³/mol. The van der Waals surface area contributed by atoms with Crippen LogP contribution in [0.3, 0.4) is 0 Å². The highest BCUT2D eigenvalue weighted by molar-refractivity contribution is 6.30.